The van der Waals surface area contributed by atoms with Crippen LogP contribution < -0.4 is 0 Å². The van der Waals surface area contributed by atoms with Gasteiger partial charge in [0, 0.05) is 17.8 Å². The van der Waals surface area contributed by atoms with Crippen molar-refractivity contribution >= 4 is 11.6 Å². The largest absolute Gasteiger partial charge is 0.307 e. The number of hydrogen-bond donors (Lipinski definition) is 0. The van der Waals surface area contributed by atoms with Gasteiger partial charge in [0.2, 0.25) is 5.70 Å². The van der Waals surface area contributed by atoms with Gasteiger partial charge < -0.3 is 4.79 Å². The fourth-order valence-corrected chi connectivity index (χ4v) is 10.5. The summed E-state index contributed by atoms with van der Waals surface area (Å²) in [6, 6.07) is 2.76. The van der Waals surface area contributed by atoms with Crippen molar-refractivity contribution in [3.05, 3.63) is 23.2 Å². The molecule has 5 rings (SSSR count). The van der Waals surface area contributed by atoms with Crippen LogP contribution in [0.2, 0.25) is 0 Å². The van der Waals surface area contributed by atoms with Gasteiger partial charge in [-0.2, -0.15) is 5.26 Å². The van der Waals surface area contributed by atoms with E-state index in [2.05, 4.69) is 45.5 Å². The maximum Gasteiger partial charge on any atom is 0.226 e. The van der Waals surface area contributed by atoms with E-state index in [9.17, 15) is 14.9 Å². The van der Waals surface area contributed by atoms with Gasteiger partial charge >= 0.3 is 0 Å². The van der Waals surface area contributed by atoms with Gasteiger partial charge in [-0.05, 0) is 84.4 Å². The molecule has 5 aliphatic carbocycles. The number of Topliss-reactive ketones (excluding diaryl/α,β-unsaturated/α-hetero) is 2. The first kappa shape index (κ1) is 24.7. The first-order chi connectivity index (χ1) is 16.1. The SMILES string of the molecule is [C-]#[N+]C1=C[C@]2(C)[C@H]3CC(=O)[C@@H]4[C@@H]5CC(C)(C)CC[C@]5(C#N)CC[C@@]4(C)[C@]3(C)CC[C@H]2C(C)(C)C1=O. The van der Waals surface area contributed by atoms with Crippen molar-refractivity contribution in [2.45, 2.75) is 99.8 Å². The number of allylic oxidation sites excluding steroid dienone is 2. The van der Waals surface area contributed by atoms with Crippen LogP contribution in [0, 0.1) is 74.1 Å². The van der Waals surface area contributed by atoms with Gasteiger partial charge in [-0.15, -0.1) is 0 Å². The highest BCUT2D eigenvalue weighted by atomic mass is 16.1. The predicted molar refractivity (Wildman–Crippen MR) is 136 cm³/mol. The van der Waals surface area contributed by atoms with Crippen molar-refractivity contribution in [3.8, 4) is 6.07 Å². The Labute approximate surface area is 211 Å². The zero-order valence-electron chi connectivity index (χ0n) is 22.8. The molecule has 5 aliphatic rings. The molecule has 188 valence electrons. The molecule has 0 spiro atoms. The molecule has 0 radical (unpaired) electrons. The maximum atomic E-state index is 14.3. The van der Waals surface area contributed by atoms with Gasteiger partial charge in [0.25, 0.3) is 0 Å². The van der Waals surface area contributed by atoms with E-state index in [-0.39, 0.29) is 62.2 Å². The van der Waals surface area contributed by atoms with Gasteiger partial charge in [0.15, 0.2) is 5.78 Å². The minimum Gasteiger partial charge on any atom is -0.307 e. The number of carbonyl (C=O) groups excluding carboxylic acids is 2. The Morgan fingerprint density at radius 2 is 1.60 bits per heavy atom. The number of rotatable bonds is 0. The molecule has 0 heterocycles. The van der Waals surface area contributed by atoms with Gasteiger partial charge in [-0.1, -0.05) is 54.5 Å². The Morgan fingerprint density at radius 1 is 0.943 bits per heavy atom. The average molecular weight is 475 g/mol. The highest BCUT2D eigenvalue weighted by Crippen LogP contribution is 2.75. The second-order valence-electron chi connectivity index (χ2n) is 14.9. The van der Waals surface area contributed by atoms with E-state index in [0.29, 0.717) is 12.2 Å². The quantitative estimate of drug-likeness (QED) is 0.350. The Hall–Kier alpha value is -1.94. The molecule has 0 aromatic heterocycles. The van der Waals surface area contributed by atoms with Crippen molar-refractivity contribution in [2.75, 3.05) is 0 Å². The third kappa shape index (κ3) is 2.89. The second-order valence-corrected chi connectivity index (χ2v) is 14.9. The zero-order valence-corrected chi connectivity index (χ0v) is 22.8. The first-order valence-electron chi connectivity index (χ1n) is 13.7. The molecule has 0 bridgehead atoms. The molecule has 35 heavy (non-hydrogen) atoms. The molecule has 0 aromatic carbocycles. The Balaban J connectivity index is 1.64. The van der Waals surface area contributed by atoms with Crippen LogP contribution in [-0.2, 0) is 9.59 Å². The topological polar surface area (TPSA) is 62.3 Å². The minimum absolute atomic E-state index is 0.0364. The van der Waals surface area contributed by atoms with E-state index in [4.69, 9.17) is 6.57 Å². The standard InChI is InChI=1S/C31H42N2O2/c1-26(2)11-13-31(18-32)14-12-30(7)24(19(31)16-26)21(34)15-23-28(5)17-20(33-8)25(35)27(3,4)22(28)9-10-29(23,30)6/h17,19,22-24H,9-16H2,1-7H3/t19-,22-,23+,24-,28-,29+,30+,31+/m0/s1. The summed E-state index contributed by atoms with van der Waals surface area (Å²) < 4.78 is 0. The van der Waals surface area contributed by atoms with Gasteiger partial charge in [-0.3, -0.25) is 4.79 Å². The molecule has 0 saturated heterocycles. The minimum atomic E-state index is -0.596. The van der Waals surface area contributed by atoms with Crippen LogP contribution in [0.15, 0.2) is 11.8 Å². The normalized spacial score (nSPS) is 49.8. The van der Waals surface area contributed by atoms with Crippen molar-refractivity contribution in [1.82, 2.24) is 0 Å². The molecular weight excluding hydrogens is 432 g/mol. The molecule has 8 atom stereocenters. The lowest BCUT2D eigenvalue weighted by Gasteiger charge is -2.71. The summed E-state index contributed by atoms with van der Waals surface area (Å²) in [5.74, 6) is 0.605. The molecule has 0 N–H and O–H groups in total. The molecule has 4 fully saturated rings. The Kier molecular flexibility index (Phi) is 5.01. The Bertz CT molecular complexity index is 1120. The van der Waals surface area contributed by atoms with Crippen LogP contribution in [-0.4, -0.2) is 11.6 Å². The summed E-state index contributed by atoms with van der Waals surface area (Å²) in [5, 5.41) is 10.4. The van der Waals surface area contributed by atoms with E-state index >= 15 is 0 Å². The molecule has 4 saturated carbocycles. The van der Waals surface area contributed by atoms with Crippen LogP contribution in [0.25, 0.3) is 4.85 Å². The van der Waals surface area contributed by atoms with Crippen molar-refractivity contribution in [3.63, 3.8) is 0 Å². The van der Waals surface area contributed by atoms with Crippen LogP contribution in [0.1, 0.15) is 99.8 Å². The number of nitriles is 1. The van der Waals surface area contributed by atoms with Gasteiger partial charge in [0.05, 0.1) is 18.1 Å². The van der Waals surface area contributed by atoms with Gasteiger partial charge in [0.1, 0.15) is 5.78 Å². The molecule has 0 unspecified atom stereocenters. The maximum absolute atomic E-state index is 14.3. The van der Waals surface area contributed by atoms with Crippen molar-refractivity contribution in [2.24, 2.45) is 56.2 Å². The number of fused-ring (bicyclic) bond motifs is 7. The highest BCUT2D eigenvalue weighted by Gasteiger charge is 2.72. The van der Waals surface area contributed by atoms with E-state index < -0.39 is 5.41 Å². The van der Waals surface area contributed by atoms with Crippen molar-refractivity contribution in [1.29, 1.82) is 5.26 Å². The summed E-state index contributed by atoms with van der Waals surface area (Å²) in [5.41, 5.74) is -1.14. The van der Waals surface area contributed by atoms with Gasteiger partial charge in [-0.25, -0.2) is 4.85 Å². The fraction of sp³-hybridized carbons (Fsp3) is 0.806. The van der Waals surface area contributed by atoms with Crippen LogP contribution in [0.5, 0.6) is 0 Å². The third-order valence-electron chi connectivity index (χ3n) is 12.7. The molecule has 0 amide bonds. The lowest BCUT2D eigenvalue weighted by molar-refractivity contribution is -0.216. The number of ketones is 2. The summed E-state index contributed by atoms with van der Waals surface area (Å²) in [6.45, 7) is 23.4. The number of hydrogen-bond acceptors (Lipinski definition) is 3. The summed E-state index contributed by atoms with van der Waals surface area (Å²) >= 11 is 0. The summed E-state index contributed by atoms with van der Waals surface area (Å²) in [4.78, 5) is 31.1. The van der Waals surface area contributed by atoms with Crippen LogP contribution >= 0.6 is 0 Å². The number of nitrogens with zero attached hydrogens (tertiary/aromatic N) is 2. The smallest absolute Gasteiger partial charge is 0.226 e. The van der Waals surface area contributed by atoms with Crippen molar-refractivity contribution < 1.29 is 9.59 Å². The molecular formula is C31H42N2O2. The lowest BCUT2D eigenvalue weighted by atomic mass is 9.32. The lowest BCUT2D eigenvalue weighted by Crippen LogP contribution is -2.68. The highest BCUT2D eigenvalue weighted by molar-refractivity contribution is 6.02. The molecule has 4 nitrogen and oxygen atoms in total. The third-order valence-corrected chi connectivity index (χ3v) is 12.7. The summed E-state index contributed by atoms with van der Waals surface area (Å²) in [6.07, 6.45) is 9.17. The molecule has 0 aliphatic heterocycles. The van der Waals surface area contributed by atoms with E-state index in [1.165, 1.54) is 0 Å². The van der Waals surface area contributed by atoms with E-state index in [1.54, 1.807) is 0 Å². The zero-order chi connectivity index (χ0) is 25.8. The number of carbonyl (C=O) groups is 2. The van der Waals surface area contributed by atoms with E-state index in [0.717, 1.165) is 44.9 Å². The van der Waals surface area contributed by atoms with Crippen LogP contribution in [0.4, 0.5) is 0 Å². The molecule has 4 heteroatoms. The monoisotopic (exact) mass is 474 g/mol. The average Bonchev–Trinajstić information content (AvgIpc) is 2.77. The fourth-order valence-electron chi connectivity index (χ4n) is 10.5. The molecule has 0 aromatic rings. The van der Waals surface area contributed by atoms with Crippen LogP contribution in [0.3, 0.4) is 0 Å². The summed E-state index contributed by atoms with van der Waals surface area (Å²) in [7, 11) is 0. The Morgan fingerprint density at radius 3 is 2.23 bits per heavy atom. The second kappa shape index (κ2) is 7.09. The predicted octanol–water partition coefficient (Wildman–Crippen LogP) is 7.16. The van der Waals surface area contributed by atoms with E-state index in [1.807, 2.05) is 19.9 Å². The first-order valence-corrected chi connectivity index (χ1v) is 13.7.